The molecule has 0 amide bonds. The lowest BCUT2D eigenvalue weighted by molar-refractivity contribution is -0.133. The number of aryl methyl sites for hydroxylation is 1. The molecule has 0 saturated heterocycles. The van der Waals surface area contributed by atoms with Gasteiger partial charge in [0.05, 0.1) is 11.4 Å². The summed E-state index contributed by atoms with van der Waals surface area (Å²) in [5.74, 6) is -0.886. The molecule has 1 aromatic carbocycles. The number of halogens is 2. The maximum atomic E-state index is 10.7. The van der Waals surface area contributed by atoms with Gasteiger partial charge in [-0.2, -0.15) is 0 Å². The number of hydrogen-bond donors (Lipinski definition) is 1. The predicted octanol–water partition coefficient (Wildman–Crippen LogP) is 4.03. The van der Waals surface area contributed by atoms with E-state index < -0.39 is 5.97 Å². The summed E-state index contributed by atoms with van der Waals surface area (Å²) in [5.41, 5.74) is 1.91. The van der Waals surface area contributed by atoms with Gasteiger partial charge in [0.15, 0.2) is 5.16 Å². The lowest BCUT2D eigenvalue weighted by atomic mass is 10.3. The average molecular weight is 376 g/mol. The molecule has 0 bridgehead atoms. The number of thioether (sulfide) groups is 1. The summed E-state index contributed by atoms with van der Waals surface area (Å²) >= 11 is 10.6. The van der Waals surface area contributed by atoms with Crippen LogP contribution in [0.15, 0.2) is 34.0 Å². The number of aliphatic carboxylic acids is 1. The van der Waals surface area contributed by atoms with Gasteiger partial charge in [-0.15, -0.1) is 0 Å². The Hall–Kier alpha value is -0.980. The third-order valence-electron chi connectivity index (χ3n) is 2.64. The summed E-state index contributed by atoms with van der Waals surface area (Å²) in [6.07, 6.45) is 2.57. The van der Waals surface area contributed by atoms with Crippen molar-refractivity contribution in [2.45, 2.75) is 18.5 Å². The third kappa shape index (κ3) is 3.37. The van der Waals surface area contributed by atoms with Crippen LogP contribution in [0.2, 0.25) is 5.02 Å². The first-order valence-corrected chi connectivity index (χ1v) is 8.05. The minimum absolute atomic E-state index is 0.0224. The Bertz CT molecular complexity index is 645. The smallest absolute Gasteiger partial charge is 0.313 e. The van der Waals surface area contributed by atoms with E-state index in [-0.39, 0.29) is 5.75 Å². The molecular weight excluding hydrogens is 364 g/mol. The molecule has 20 heavy (non-hydrogen) atoms. The van der Waals surface area contributed by atoms with Crippen molar-refractivity contribution in [2.24, 2.45) is 0 Å². The van der Waals surface area contributed by atoms with Crippen LogP contribution in [0.4, 0.5) is 0 Å². The van der Waals surface area contributed by atoms with Crippen LogP contribution in [-0.4, -0.2) is 26.4 Å². The maximum absolute atomic E-state index is 10.7. The minimum atomic E-state index is -0.863. The predicted molar refractivity (Wildman–Crippen MR) is 84.0 cm³/mol. The van der Waals surface area contributed by atoms with E-state index in [0.29, 0.717) is 10.2 Å². The number of hydrogen-bond acceptors (Lipinski definition) is 3. The molecule has 7 heteroatoms. The quantitative estimate of drug-likeness (QED) is 0.802. The third-order valence-corrected chi connectivity index (χ3v) is 4.45. The van der Waals surface area contributed by atoms with E-state index >= 15 is 0 Å². The number of carbonyl (C=O) groups is 1. The molecule has 0 aliphatic carbocycles. The number of carboxylic acids is 1. The van der Waals surface area contributed by atoms with Gasteiger partial charge in [0.25, 0.3) is 0 Å². The molecule has 0 saturated carbocycles. The van der Waals surface area contributed by atoms with Crippen LogP contribution < -0.4 is 0 Å². The van der Waals surface area contributed by atoms with Gasteiger partial charge in [-0.3, -0.25) is 9.36 Å². The van der Waals surface area contributed by atoms with Crippen LogP contribution in [0.25, 0.3) is 5.69 Å². The summed E-state index contributed by atoms with van der Waals surface area (Å²) in [6.45, 7) is 2.03. The zero-order valence-corrected chi connectivity index (χ0v) is 13.8. The molecule has 0 atom stereocenters. The largest absolute Gasteiger partial charge is 0.481 e. The molecule has 0 fully saturated rings. The molecule has 2 aromatic rings. The zero-order valence-electron chi connectivity index (χ0n) is 10.6. The minimum Gasteiger partial charge on any atom is -0.481 e. The SMILES string of the molecule is CCc1cnc(SCC(=O)O)n1-c1ccc(Cl)cc1Br. The van der Waals surface area contributed by atoms with Crippen molar-refractivity contribution in [2.75, 3.05) is 5.75 Å². The molecule has 0 unspecified atom stereocenters. The molecule has 1 heterocycles. The zero-order chi connectivity index (χ0) is 14.7. The van der Waals surface area contributed by atoms with Crippen molar-refractivity contribution in [3.05, 3.63) is 39.6 Å². The molecule has 0 aliphatic rings. The molecular formula is C13H12BrClN2O2S. The van der Waals surface area contributed by atoms with Gasteiger partial charge in [-0.05, 0) is 40.5 Å². The molecule has 1 aromatic heterocycles. The first-order valence-electron chi connectivity index (χ1n) is 5.89. The van der Waals surface area contributed by atoms with E-state index in [4.69, 9.17) is 16.7 Å². The van der Waals surface area contributed by atoms with Gasteiger partial charge < -0.3 is 5.11 Å². The van der Waals surface area contributed by atoms with Crippen molar-refractivity contribution in [1.82, 2.24) is 9.55 Å². The van der Waals surface area contributed by atoms with Gasteiger partial charge in [-0.1, -0.05) is 30.3 Å². The average Bonchev–Trinajstić information content (AvgIpc) is 2.79. The van der Waals surface area contributed by atoms with Crippen LogP contribution >= 0.6 is 39.3 Å². The van der Waals surface area contributed by atoms with Gasteiger partial charge in [0.1, 0.15) is 0 Å². The van der Waals surface area contributed by atoms with Crippen molar-refractivity contribution < 1.29 is 9.90 Å². The topological polar surface area (TPSA) is 55.1 Å². The summed E-state index contributed by atoms with van der Waals surface area (Å²) in [7, 11) is 0. The summed E-state index contributed by atoms with van der Waals surface area (Å²) in [6, 6.07) is 5.49. The monoisotopic (exact) mass is 374 g/mol. The highest BCUT2D eigenvalue weighted by atomic mass is 79.9. The lowest BCUT2D eigenvalue weighted by Gasteiger charge is -2.12. The van der Waals surface area contributed by atoms with E-state index in [0.717, 1.165) is 22.3 Å². The normalized spacial score (nSPS) is 10.8. The fourth-order valence-corrected chi connectivity index (χ4v) is 3.35. The second-order valence-corrected chi connectivity index (χ2v) is 6.23. The van der Waals surface area contributed by atoms with E-state index in [1.165, 1.54) is 11.8 Å². The van der Waals surface area contributed by atoms with E-state index in [2.05, 4.69) is 20.9 Å². The standard InChI is InChI=1S/C13H12BrClN2O2S/c1-2-9-6-16-13(20-7-12(18)19)17(9)11-4-3-8(15)5-10(11)14/h3-6H,2,7H2,1H3,(H,18,19). The number of imidazole rings is 1. The van der Waals surface area contributed by atoms with Crippen molar-refractivity contribution in [1.29, 1.82) is 0 Å². The van der Waals surface area contributed by atoms with E-state index in [1.807, 2.05) is 23.6 Å². The Morgan fingerprint density at radius 2 is 2.30 bits per heavy atom. The highest BCUT2D eigenvalue weighted by molar-refractivity contribution is 9.10. The Morgan fingerprint density at radius 3 is 2.90 bits per heavy atom. The first kappa shape index (κ1) is 15.4. The maximum Gasteiger partial charge on any atom is 0.313 e. The van der Waals surface area contributed by atoms with Gasteiger partial charge >= 0.3 is 5.97 Å². The van der Waals surface area contributed by atoms with Crippen LogP contribution in [0.3, 0.4) is 0 Å². The molecule has 2 rings (SSSR count). The fourth-order valence-electron chi connectivity index (χ4n) is 1.77. The Kier molecular flexibility index (Phi) is 5.12. The Labute approximate surface area is 134 Å². The van der Waals surface area contributed by atoms with Crippen molar-refractivity contribution in [3.63, 3.8) is 0 Å². The van der Waals surface area contributed by atoms with Crippen LogP contribution in [0, 0.1) is 0 Å². The Morgan fingerprint density at radius 1 is 1.55 bits per heavy atom. The number of aromatic nitrogens is 2. The van der Waals surface area contributed by atoms with E-state index in [1.54, 1.807) is 12.3 Å². The number of rotatable bonds is 5. The van der Waals surface area contributed by atoms with Gasteiger partial charge in [-0.25, -0.2) is 4.98 Å². The van der Waals surface area contributed by atoms with Crippen LogP contribution in [0.5, 0.6) is 0 Å². The molecule has 1 N–H and O–H groups in total. The summed E-state index contributed by atoms with van der Waals surface area (Å²) in [5, 5.41) is 10.1. The molecule has 0 aliphatic heterocycles. The summed E-state index contributed by atoms with van der Waals surface area (Å²) < 4.78 is 2.79. The number of benzene rings is 1. The molecule has 4 nitrogen and oxygen atoms in total. The van der Waals surface area contributed by atoms with Crippen LogP contribution in [-0.2, 0) is 11.2 Å². The number of carboxylic acid groups (broad SMARTS) is 1. The van der Waals surface area contributed by atoms with Gasteiger partial charge in [0.2, 0.25) is 0 Å². The highest BCUT2D eigenvalue weighted by Crippen LogP contribution is 2.30. The molecule has 0 spiro atoms. The molecule has 0 radical (unpaired) electrons. The van der Waals surface area contributed by atoms with Crippen LogP contribution in [0.1, 0.15) is 12.6 Å². The molecule has 106 valence electrons. The highest BCUT2D eigenvalue weighted by Gasteiger charge is 2.15. The first-order chi connectivity index (χ1) is 9.52. The van der Waals surface area contributed by atoms with Crippen molar-refractivity contribution in [3.8, 4) is 5.69 Å². The fraction of sp³-hybridized carbons (Fsp3) is 0.231. The van der Waals surface area contributed by atoms with E-state index in [9.17, 15) is 4.79 Å². The summed E-state index contributed by atoms with van der Waals surface area (Å²) in [4.78, 5) is 15.0. The Balaban J connectivity index is 2.47. The number of nitrogens with zero attached hydrogens (tertiary/aromatic N) is 2. The lowest BCUT2D eigenvalue weighted by Crippen LogP contribution is -2.04. The second-order valence-electron chi connectivity index (χ2n) is 4.00. The van der Waals surface area contributed by atoms with Crippen molar-refractivity contribution >= 4 is 45.3 Å². The van der Waals surface area contributed by atoms with Gasteiger partial charge in [0, 0.05) is 21.4 Å². The second kappa shape index (κ2) is 6.65.